The number of hydrogen-bond donors (Lipinski definition) is 1. The molecule has 2 heterocycles. The molecule has 1 aromatic heterocycles. The van der Waals surface area contributed by atoms with Crippen molar-refractivity contribution >= 4 is 17.8 Å². The molecule has 0 bridgehead atoms. The molecule has 0 amide bonds. The zero-order chi connectivity index (χ0) is 30.1. The summed E-state index contributed by atoms with van der Waals surface area (Å²) in [6.07, 6.45) is 2.37. The van der Waals surface area contributed by atoms with Crippen LogP contribution in [0.15, 0.2) is 66.9 Å². The van der Waals surface area contributed by atoms with E-state index in [-0.39, 0.29) is 30.2 Å². The number of carbonyl (C=O) groups excluding carboxylic acids is 2. The van der Waals surface area contributed by atoms with Crippen LogP contribution in [-0.4, -0.2) is 60.2 Å². The van der Waals surface area contributed by atoms with Crippen LogP contribution in [0.25, 0.3) is 0 Å². The molecule has 1 fully saturated rings. The lowest BCUT2D eigenvalue weighted by molar-refractivity contribution is 0.0367. The summed E-state index contributed by atoms with van der Waals surface area (Å²) >= 11 is 0. The van der Waals surface area contributed by atoms with Gasteiger partial charge in [-0.25, -0.2) is 14.6 Å². The first-order valence-electron chi connectivity index (χ1n) is 15.0. The molecule has 2 aromatic carbocycles. The molecule has 3 aromatic rings. The van der Waals surface area contributed by atoms with Crippen LogP contribution in [0.1, 0.15) is 84.5 Å². The summed E-state index contributed by atoms with van der Waals surface area (Å²) in [6.45, 7) is 14.6. The summed E-state index contributed by atoms with van der Waals surface area (Å²) in [7, 11) is 0. The molecule has 224 valence electrons. The number of carbonyl (C=O) groups is 2. The molecule has 0 aliphatic carbocycles. The number of benzene rings is 2. The smallest absolute Gasteiger partial charge is 0.342 e. The van der Waals surface area contributed by atoms with E-state index in [1.165, 1.54) is 11.1 Å². The summed E-state index contributed by atoms with van der Waals surface area (Å²) in [5.74, 6) is 0.0946. The van der Waals surface area contributed by atoms with Crippen LogP contribution in [0, 0.1) is 0 Å². The summed E-state index contributed by atoms with van der Waals surface area (Å²) < 4.78 is 10.7. The zero-order valence-corrected chi connectivity index (χ0v) is 25.5. The Labute approximate surface area is 250 Å². The Morgan fingerprint density at radius 1 is 0.833 bits per heavy atom. The van der Waals surface area contributed by atoms with E-state index in [1.807, 2.05) is 52.0 Å². The summed E-state index contributed by atoms with van der Waals surface area (Å²) in [6, 6.07) is 20.3. The van der Waals surface area contributed by atoms with E-state index in [9.17, 15) is 9.59 Å². The van der Waals surface area contributed by atoms with Crippen molar-refractivity contribution < 1.29 is 19.1 Å². The predicted molar refractivity (Wildman–Crippen MR) is 166 cm³/mol. The van der Waals surface area contributed by atoms with E-state index in [0.29, 0.717) is 16.9 Å². The Balaban J connectivity index is 1.26. The number of ether oxygens (including phenoxy) is 2. The number of esters is 2. The van der Waals surface area contributed by atoms with Crippen LogP contribution in [0.5, 0.6) is 0 Å². The molecule has 0 spiro atoms. The molecule has 42 heavy (non-hydrogen) atoms. The minimum Gasteiger partial charge on any atom is -0.459 e. The number of rotatable bonds is 12. The first-order chi connectivity index (χ1) is 20.2. The standard InChI is InChI=1S/C34H44N4O4/c1-6-31(28-13-15-29(16-14-28)33(39)41-24(2)3)36-22-26-9-11-27(12-10-26)23-37-18-20-38(21-19-37)32-30(8-7-17-35-32)34(40)42-25(4)5/h7-17,24-25,31,36H,6,18-23H2,1-5H3. The average molecular weight is 573 g/mol. The molecule has 1 unspecified atom stereocenters. The molecule has 1 atom stereocenters. The highest BCUT2D eigenvalue weighted by molar-refractivity contribution is 5.95. The van der Waals surface area contributed by atoms with Crippen molar-refractivity contribution in [2.45, 2.75) is 72.4 Å². The van der Waals surface area contributed by atoms with Gasteiger partial charge in [0.05, 0.1) is 17.8 Å². The van der Waals surface area contributed by atoms with Crippen molar-refractivity contribution in [3.8, 4) is 0 Å². The average Bonchev–Trinajstić information content (AvgIpc) is 2.98. The van der Waals surface area contributed by atoms with Gasteiger partial charge in [0.2, 0.25) is 0 Å². The first kappa shape index (κ1) is 31.2. The molecule has 0 saturated carbocycles. The normalized spacial score (nSPS) is 14.7. The van der Waals surface area contributed by atoms with E-state index in [1.54, 1.807) is 18.3 Å². The van der Waals surface area contributed by atoms with Crippen molar-refractivity contribution in [3.05, 3.63) is 94.7 Å². The van der Waals surface area contributed by atoms with E-state index in [2.05, 4.69) is 51.3 Å². The Hall–Kier alpha value is -3.75. The second-order valence-corrected chi connectivity index (χ2v) is 11.3. The fourth-order valence-corrected chi connectivity index (χ4v) is 5.10. The van der Waals surface area contributed by atoms with Gasteiger partial charge >= 0.3 is 11.9 Å². The number of piperazine rings is 1. The van der Waals surface area contributed by atoms with Crippen LogP contribution >= 0.6 is 0 Å². The first-order valence-corrected chi connectivity index (χ1v) is 15.0. The zero-order valence-electron chi connectivity index (χ0n) is 25.5. The molecule has 8 nitrogen and oxygen atoms in total. The van der Waals surface area contributed by atoms with Crippen LogP contribution < -0.4 is 10.2 Å². The monoisotopic (exact) mass is 572 g/mol. The van der Waals surface area contributed by atoms with E-state index >= 15 is 0 Å². The lowest BCUT2D eigenvalue weighted by Crippen LogP contribution is -2.46. The number of hydrogen-bond acceptors (Lipinski definition) is 8. The van der Waals surface area contributed by atoms with Gasteiger partial charge in [-0.3, -0.25) is 4.90 Å². The Bertz CT molecular complexity index is 1300. The topological polar surface area (TPSA) is 84.0 Å². The van der Waals surface area contributed by atoms with Gasteiger partial charge in [0.25, 0.3) is 0 Å². The third kappa shape index (κ3) is 8.63. The van der Waals surface area contributed by atoms with E-state index in [0.717, 1.165) is 51.3 Å². The van der Waals surface area contributed by atoms with Crippen LogP contribution in [-0.2, 0) is 22.6 Å². The van der Waals surface area contributed by atoms with Gasteiger partial charge in [-0.2, -0.15) is 0 Å². The molecule has 4 rings (SSSR count). The third-order valence-corrected chi connectivity index (χ3v) is 7.30. The van der Waals surface area contributed by atoms with E-state index in [4.69, 9.17) is 9.47 Å². The van der Waals surface area contributed by atoms with Crippen LogP contribution in [0.3, 0.4) is 0 Å². The van der Waals surface area contributed by atoms with Crippen LogP contribution in [0.4, 0.5) is 5.82 Å². The number of anilines is 1. The predicted octanol–water partition coefficient (Wildman–Crippen LogP) is 5.78. The van der Waals surface area contributed by atoms with Crippen molar-refractivity contribution in [2.24, 2.45) is 0 Å². The third-order valence-electron chi connectivity index (χ3n) is 7.30. The lowest BCUT2D eigenvalue weighted by atomic mass is 10.0. The van der Waals surface area contributed by atoms with Crippen molar-refractivity contribution in [3.63, 3.8) is 0 Å². The highest BCUT2D eigenvalue weighted by Gasteiger charge is 2.24. The molecule has 1 aliphatic heterocycles. The summed E-state index contributed by atoms with van der Waals surface area (Å²) in [5.41, 5.74) is 4.77. The molecule has 8 heteroatoms. The van der Waals surface area contributed by atoms with Gasteiger partial charge in [-0.1, -0.05) is 43.3 Å². The van der Waals surface area contributed by atoms with Gasteiger partial charge in [-0.05, 0) is 75.1 Å². The van der Waals surface area contributed by atoms with Crippen molar-refractivity contribution in [1.29, 1.82) is 0 Å². The van der Waals surface area contributed by atoms with Gasteiger partial charge in [0.15, 0.2) is 0 Å². The Morgan fingerprint density at radius 3 is 2.07 bits per heavy atom. The fourth-order valence-electron chi connectivity index (χ4n) is 5.10. The molecular formula is C34H44N4O4. The number of nitrogens with zero attached hydrogens (tertiary/aromatic N) is 3. The number of pyridine rings is 1. The lowest BCUT2D eigenvalue weighted by Gasteiger charge is -2.36. The Kier molecular flexibility index (Phi) is 11.1. The van der Waals surface area contributed by atoms with Gasteiger partial charge < -0.3 is 19.7 Å². The fraction of sp³-hybridized carbons (Fsp3) is 0.441. The minimum atomic E-state index is -0.322. The minimum absolute atomic E-state index is 0.132. The molecule has 1 aliphatic rings. The maximum atomic E-state index is 12.6. The number of nitrogens with one attached hydrogen (secondary N) is 1. The van der Waals surface area contributed by atoms with Gasteiger partial charge in [0, 0.05) is 51.5 Å². The SMILES string of the molecule is CCC(NCc1ccc(CN2CCN(c3ncccc3C(=O)OC(C)C)CC2)cc1)c1ccc(C(=O)OC(C)C)cc1. The highest BCUT2D eigenvalue weighted by atomic mass is 16.5. The summed E-state index contributed by atoms with van der Waals surface area (Å²) in [5, 5.41) is 3.66. The summed E-state index contributed by atoms with van der Waals surface area (Å²) in [4.78, 5) is 33.8. The maximum Gasteiger partial charge on any atom is 0.342 e. The molecule has 0 radical (unpaired) electrons. The molecule has 1 N–H and O–H groups in total. The van der Waals surface area contributed by atoms with Crippen molar-refractivity contribution in [1.82, 2.24) is 15.2 Å². The highest BCUT2D eigenvalue weighted by Crippen LogP contribution is 2.22. The molecular weight excluding hydrogens is 528 g/mol. The second-order valence-electron chi connectivity index (χ2n) is 11.3. The van der Waals surface area contributed by atoms with Gasteiger partial charge in [-0.15, -0.1) is 0 Å². The van der Waals surface area contributed by atoms with Crippen molar-refractivity contribution in [2.75, 3.05) is 31.1 Å². The quantitative estimate of drug-likeness (QED) is 0.274. The van der Waals surface area contributed by atoms with Crippen LogP contribution in [0.2, 0.25) is 0 Å². The molecule has 1 saturated heterocycles. The largest absolute Gasteiger partial charge is 0.459 e. The van der Waals surface area contributed by atoms with Gasteiger partial charge in [0.1, 0.15) is 11.4 Å². The second kappa shape index (κ2) is 14.9. The maximum absolute atomic E-state index is 12.6. The van der Waals surface area contributed by atoms with E-state index < -0.39 is 0 Å². The number of aromatic nitrogens is 1. The Morgan fingerprint density at radius 2 is 1.45 bits per heavy atom.